The number of nitrogens with one attached hydrogen (secondary N) is 1. The molecule has 0 spiro atoms. The highest BCUT2D eigenvalue weighted by Crippen LogP contribution is 2.44. The Morgan fingerprint density at radius 2 is 2.11 bits per heavy atom. The largest absolute Gasteiger partial charge is 0.481 e. The Labute approximate surface area is 108 Å². The number of rotatable bonds is 3. The summed E-state index contributed by atoms with van der Waals surface area (Å²) in [6, 6.07) is 0. The summed E-state index contributed by atoms with van der Waals surface area (Å²) < 4.78 is 23.3. The second-order valence-electron chi connectivity index (χ2n) is 5.70. The molecule has 0 bridgehead atoms. The van der Waals surface area contributed by atoms with Crippen molar-refractivity contribution >= 4 is 15.8 Å². The predicted octanol–water partition coefficient (Wildman–Crippen LogP) is 0.654. The Morgan fingerprint density at radius 1 is 1.39 bits per heavy atom. The van der Waals surface area contributed by atoms with Crippen molar-refractivity contribution in [3.05, 3.63) is 0 Å². The summed E-state index contributed by atoms with van der Waals surface area (Å²) in [5.41, 5.74) is -0.747. The summed E-state index contributed by atoms with van der Waals surface area (Å²) in [6.45, 7) is 1.19. The van der Waals surface area contributed by atoms with Gasteiger partial charge in [-0.25, -0.2) is 8.42 Å². The van der Waals surface area contributed by atoms with Gasteiger partial charge in [0.2, 0.25) is 0 Å². The lowest BCUT2D eigenvalue weighted by Crippen LogP contribution is -2.44. The Kier molecular flexibility index (Phi) is 3.69. The van der Waals surface area contributed by atoms with Crippen molar-refractivity contribution in [3.8, 4) is 0 Å². The van der Waals surface area contributed by atoms with Crippen molar-refractivity contribution in [2.24, 2.45) is 11.3 Å². The molecular formula is C12H21NO4S. The van der Waals surface area contributed by atoms with Crippen LogP contribution in [0.2, 0.25) is 0 Å². The smallest absolute Gasteiger partial charge is 0.311 e. The number of aliphatic carboxylic acids is 1. The van der Waals surface area contributed by atoms with Crippen LogP contribution in [0.15, 0.2) is 0 Å². The number of carbonyl (C=O) groups is 1. The lowest BCUT2D eigenvalue weighted by Gasteiger charge is -2.38. The van der Waals surface area contributed by atoms with Gasteiger partial charge in [0, 0.05) is 12.8 Å². The van der Waals surface area contributed by atoms with Crippen LogP contribution in [-0.4, -0.2) is 44.1 Å². The van der Waals surface area contributed by atoms with Crippen LogP contribution < -0.4 is 5.32 Å². The van der Waals surface area contributed by atoms with Gasteiger partial charge in [-0.1, -0.05) is 6.42 Å². The van der Waals surface area contributed by atoms with E-state index in [1.54, 1.807) is 0 Å². The normalized spacial score (nSPS) is 37.6. The molecule has 2 aliphatic rings. The zero-order valence-electron chi connectivity index (χ0n) is 10.7. The summed E-state index contributed by atoms with van der Waals surface area (Å²) in [5, 5.41) is 12.3. The maximum absolute atomic E-state index is 11.7. The zero-order valence-corrected chi connectivity index (χ0v) is 11.5. The van der Waals surface area contributed by atoms with Gasteiger partial charge in [0.15, 0.2) is 0 Å². The molecule has 104 valence electrons. The summed E-state index contributed by atoms with van der Waals surface area (Å²) in [7, 11) is -3.05. The lowest BCUT2D eigenvalue weighted by atomic mass is 9.68. The van der Waals surface area contributed by atoms with E-state index in [9.17, 15) is 18.3 Å². The minimum Gasteiger partial charge on any atom is -0.481 e. The molecule has 1 saturated carbocycles. The van der Waals surface area contributed by atoms with E-state index in [1.807, 2.05) is 0 Å². The Bertz CT molecular complexity index is 425. The molecule has 5 nitrogen and oxygen atoms in total. The van der Waals surface area contributed by atoms with Crippen molar-refractivity contribution in [2.75, 3.05) is 19.3 Å². The minimum atomic E-state index is -3.05. The minimum absolute atomic E-state index is 0.0153. The van der Waals surface area contributed by atoms with E-state index in [0.29, 0.717) is 32.4 Å². The quantitative estimate of drug-likeness (QED) is 0.790. The number of hydrogen-bond donors (Lipinski definition) is 2. The SMILES string of the molecule is CS(=O)(=O)C1CCCC(C2(C(=O)O)CCNC2)C1. The molecule has 1 aliphatic heterocycles. The topological polar surface area (TPSA) is 83.5 Å². The van der Waals surface area contributed by atoms with E-state index >= 15 is 0 Å². The molecule has 3 atom stereocenters. The fraction of sp³-hybridized carbons (Fsp3) is 0.917. The van der Waals surface area contributed by atoms with Crippen molar-refractivity contribution in [1.82, 2.24) is 5.32 Å². The maximum Gasteiger partial charge on any atom is 0.311 e. The van der Waals surface area contributed by atoms with E-state index in [1.165, 1.54) is 6.26 Å². The van der Waals surface area contributed by atoms with Gasteiger partial charge < -0.3 is 10.4 Å². The number of hydrogen-bond acceptors (Lipinski definition) is 4. The van der Waals surface area contributed by atoms with Gasteiger partial charge >= 0.3 is 5.97 Å². The summed E-state index contributed by atoms with van der Waals surface area (Å²) >= 11 is 0. The van der Waals surface area contributed by atoms with Crippen LogP contribution in [-0.2, 0) is 14.6 Å². The maximum atomic E-state index is 11.7. The highest BCUT2D eigenvalue weighted by Gasteiger charge is 2.49. The molecule has 3 unspecified atom stereocenters. The summed E-state index contributed by atoms with van der Waals surface area (Å²) in [4.78, 5) is 11.6. The van der Waals surface area contributed by atoms with Gasteiger partial charge in [-0.15, -0.1) is 0 Å². The highest BCUT2D eigenvalue weighted by atomic mass is 32.2. The number of carboxylic acid groups (broad SMARTS) is 1. The molecule has 1 saturated heterocycles. The van der Waals surface area contributed by atoms with Crippen LogP contribution in [0, 0.1) is 11.3 Å². The third kappa shape index (κ3) is 2.40. The van der Waals surface area contributed by atoms with Crippen molar-refractivity contribution in [3.63, 3.8) is 0 Å². The molecule has 2 fully saturated rings. The average molecular weight is 275 g/mol. The molecular weight excluding hydrogens is 254 g/mol. The van der Waals surface area contributed by atoms with Crippen LogP contribution in [0.3, 0.4) is 0 Å². The van der Waals surface area contributed by atoms with Crippen molar-refractivity contribution in [2.45, 2.75) is 37.4 Å². The van der Waals surface area contributed by atoms with Crippen LogP contribution in [0.4, 0.5) is 0 Å². The molecule has 1 aliphatic carbocycles. The molecule has 1 heterocycles. The number of carboxylic acids is 1. The average Bonchev–Trinajstić information content (AvgIpc) is 2.78. The van der Waals surface area contributed by atoms with Crippen LogP contribution in [0.25, 0.3) is 0 Å². The van der Waals surface area contributed by atoms with Gasteiger partial charge in [-0.05, 0) is 38.1 Å². The van der Waals surface area contributed by atoms with Crippen LogP contribution in [0.1, 0.15) is 32.1 Å². The third-order valence-electron chi connectivity index (χ3n) is 4.63. The number of sulfone groups is 1. The second-order valence-corrected chi connectivity index (χ2v) is 8.03. The lowest BCUT2D eigenvalue weighted by molar-refractivity contribution is -0.152. The first-order valence-electron chi connectivity index (χ1n) is 6.49. The second kappa shape index (κ2) is 4.81. The fourth-order valence-corrected chi connectivity index (χ4v) is 4.63. The molecule has 18 heavy (non-hydrogen) atoms. The molecule has 2 rings (SSSR count). The van der Waals surface area contributed by atoms with Crippen LogP contribution in [0.5, 0.6) is 0 Å². The zero-order chi connectivity index (χ0) is 13.4. The predicted molar refractivity (Wildman–Crippen MR) is 68.1 cm³/mol. The Hall–Kier alpha value is -0.620. The molecule has 6 heteroatoms. The standard InChI is InChI=1S/C12H21NO4S/c1-18(16,17)10-4-2-3-9(7-10)12(11(14)15)5-6-13-8-12/h9-10,13H,2-8H2,1H3,(H,14,15). The van der Waals surface area contributed by atoms with E-state index in [2.05, 4.69) is 5.32 Å². The van der Waals surface area contributed by atoms with Crippen molar-refractivity contribution < 1.29 is 18.3 Å². The first kappa shape index (κ1) is 13.8. The van der Waals surface area contributed by atoms with E-state index in [4.69, 9.17) is 0 Å². The summed E-state index contributed by atoms with van der Waals surface area (Å²) in [5.74, 6) is -0.787. The first-order valence-corrected chi connectivity index (χ1v) is 8.45. The van der Waals surface area contributed by atoms with Gasteiger partial charge in [-0.3, -0.25) is 4.79 Å². The molecule has 2 N–H and O–H groups in total. The molecule has 0 amide bonds. The first-order chi connectivity index (χ1) is 8.36. The van der Waals surface area contributed by atoms with Gasteiger partial charge in [0.05, 0.1) is 10.7 Å². The third-order valence-corrected chi connectivity index (χ3v) is 6.27. The Balaban J connectivity index is 2.19. The van der Waals surface area contributed by atoms with E-state index in [0.717, 1.165) is 12.8 Å². The highest BCUT2D eigenvalue weighted by molar-refractivity contribution is 7.91. The van der Waals surface area contributed by atoms with E-state index in [-0.39, 0.29) is 11.2 Å². The van der Waals surface area contributed by atoms with Crippen LogP contribution >= 0.6 is 0 Å². The monoisotopic (exact) mass is 275 g/mol. The summed E-state index contributed by atoms with van der Waals surface area (Å²) in [6.07, 6.45) is 4.71. The Morgan fingerprint density at radius 3 is 2.61 bits per heavy atom. The molecule has 0 aromatic heterocycles. The molecule has 0 aromatic rings. The van der Waals surface area contributed by atoms with E-state index < -0.39 is 21.2 Å². The van der Waals surface area contributed by atoms with Gasteiger partial charge in [0.25, 0.3) is 0 Å². The van der Waals surface area contributed by atoms with Gasteiger partial charge in [0.1, 0.15) is 9.84 Å². The molecule has 0 radical (unpaired) electrons. The fourth-order valence-electron chi connectivity index (χ4n) is 3.45. The van der Waals surface area contributed by atoms with Crippen molar-refractivity contribution in [1.29, 1.82) is 0 Å². The molecule has 0 aromatic carbocycles. The van der Waals surface area contributed by atoms with Gasteiger partial charge in [-0.2, -0.15) is 0 Å².